The van der Waals surface area contributed by atoms with Crippen molar-refractivity contribution in [2.24, 2.45) is 0 Å². The van der Waals surface area contributed by atoms with Crippen LogP contribution in [0.5, 0.6) is 0 Å². The molecule has 0 spiro atoms. The summed E-state index contributed by atoms with van der Waals surface area (Å²) in [7, 11) is 0. The van der Waals surface area contributed by atoms with Gasteiger partial charge >= 0.3 is 0 Å². The molecule has 132 valence electrons. The monoisotopic (exact) mass is 347 g/mol. The Morgan fingerprint density at radius 2 is 1.88 bits per heavy atom. The molecule has 0 aliphatic carbocycles. The van der Waals surface area contributed by atoms with Gasteiger partial charge in [0, 0.05) is 41.9 Å². The van der Waals surface area contributed by atoms with Crippen molar-refractivity contribution in [2.75, 3.05) is 41.8 Å². The molecule has 0 unspecified atom stereocenters. The molecule has 1 fully saturated rings. The van der Waals surface area contributed by atoms with Crippen molar-refractivity contribution in [2.45, 2.75) is 0 Å². The SMILES string of the molecule is C=Cc1ccc2c(c1)NC(=O)/C2=C\Nc1ccc(N2CCOCC2)cc1. The molecule has 4 rings (SSSR count). The van der Waals surface area contributed by atoms with Crippen LogP contribution in [-0.4, -0.2) is 32.2 Å². The number of ether oxygens (including phenoxy) is 1. The highest BCUT2D eigenvalue weighted by Crippen LogP contribution is 2.32. The molecule has 5 nitrogen and oxygen atoms in total. The molecule has 26 heavy (non-hydrogen) atoms. The van der Waals surface area contributed by atoms with Gasteiger partial charge < -0.3 is 20.3 Å². The van der Waals surface area contributed by atoms with Crippen LogP contribution in [0.1, 0.15) is 11.1 Å². The van der Waals surface area contributed by atoms with Gasteiger partial charge in [0.15, 0.2) is 0 Å². The van der Waals surface area contributed by atoms with E-state index in [1.54, 1.807) is 12.3 Å². The van der Waals surface area contributed by atoms with Crippen molar-refractivity contribution in [3.05, 3.63) is 66.4 Å². The predicted molar refractivity (Wildman–Crippen MR) is 106 cm³/mol. The smallest absolute Gasteiger partial charge is 0.257 e. The third-order valence-electron chi connectivity index (χ3n) is 4.69. The zero-order chi connectivity index (χ0) is 17.9. The van der Waals surface area contributed by atoms with Gasteiger partial charge in [-0.1, -0.05) is 24.8 Å². The van der Waals surface area contributed by atoms with E-state index in [0.717, 1.165) is 48.8 Å². The number of benzene rings is 2. The molecule has 2 aromatic rings. The molecule has 2 N–H and O–H groups in total. The first kappa shape index (κ1) is 16.4. The van der Waals surface area contributed by atoms with Crippen molar-refractivity contribution in [1.82, 2.24) is 0 Å². The predicted octanol–water partition coefficient (Wildman–Crippen LogP) is 3.57. The molecular formula is C21H21N3O2. The summed E-state index contributed by atoms with van der Waals surface area (Å²) in [4.78, 5) is 14.6. The number of hydrogen-bond donors (Lipinski definition) is 2. The second-order valence-corrected chi connectivity index (χ2v) is 6.31. The standard InChI is InChI=1S/C21H21N3O2/c1-2-15-3-8-18-19(21(25)23-20(18)13-15)14-22-16-4-6-17(7-5-16)24-9-11-26-12-10-24/h2-8,13-14,22H,1,9-12H2,(H,23,25)/b19-14-. The van der Waals surface area contributed by atoms with Gasteiger partial charge in [-0.25, -0.2) is 0 Å². The Hall–Kier alpha value is -3.05. The normalized spacial score (nSPS) is 17.8. The van der Waals surface area contributed by atoms with Crippen molar-refractivity contribution in [3.63, 3.8) is 0 Å². The average molecular weight is 347 g/mol. The topological polar surface area (TPSA) is 53.6 Å². The molecule has 0 atom stereocenters. The summed E-state index contributed by atoms with van der Waals surface area (Å²) in [6.07, 6.45) is 3.53. The highest BCUT2D eigenvalue weighted by molar-refractivity contribution is 6.31. The van der Waals surface area contributed by atoms with E-state index in [2.05, 4.69) is 34.2 Å². The number of morpholine rings is 1. The molecule has 0 aromatic heterocycles. The van der Waals surface area contributed by atoms with E-state index in [0.29, 0.717) is 5.57 Å². The third-order valence-corrected chi connectivity index (χ3v) is 4.69. The van der Waals surface area contributed by atoms with E-state index in [9.17, 15) is 4.79 Å². The number of fused-ring (bicyclic) bond motifs is 1. The highest BCUT2D eigenvalue weighted by atomic mass is 16.5. The van der Waals surface area contributed by atoms with Gasteiger partial charge in [-0.3, -0.25) is 4.79 Å². The van der Waals surface area contributed by atoms with Crippen LogP contribution < -0.4 is 15.5 Å². The lowest BCUT2D eigenvalue weighted by Crippen LogP contribution is -2.36. The molecule has 2 aliphatic heterocycles. The lowest BCUT2D eigenvalue weighted by Gasteiger charge is -2.28. The molecule has 0 saturated carbocycles. The fraction of sp³-hybridized carbons (Fsp3) is 0.190. The van der Waals surface area contributed by atoms with Gasteiger partial charge in [0.2, 0.25) is 0 Å². The summed E-state index contributed by atoms with van der Waals surface area (Å²) in [5.41, 5.74) is 5.47. The summed E-state index contributed by atoms with van der Waals surface area (Å²) in [5.74, 6) is -0.0985. The van der Waals surface area contributed by atoms with Crippen molar-refractivity contribution >= 4 is 34.6 Å². The molecule has 1 saturated heterocycles. The molecule has 5 heteroatoms. The summed E-state index contributed by atoms with van der Waals surface area (Å²) < 4.78 is 5.39. The Labute approximate surface area is 153 Å². The molecule has 0 radical (unpaired) electrons. The van der Waals surface area contributed by atoms with E-state index in [1.807, 2.05) is 30.3 Å². The zero-order valence-electron chi connectivity index (χ0n) is 14.5. The first-order valence-corrected chi connectivity index (χ1v) is 8.72. The highest BCUT2D eigenvalue weighted by Gasteiger charge is 2.23. The van der Waals surface area contributed by atoms with Crippen LogP contribution in [0.25, 0.3) is 11.6 Å². The zero-order valence-corrected chi connectivity index (χ0v) is 14.5. The number of nitrogens with zero attached hydrogens (tertiary/aromatic N) is 1. The van der Waals surface area contributed by atoms with Gasteiger partial charge in [0.1, 0.15) is 0 Å². The summed E-state index contributed by atoms with van der Waals surface area (Å²) in [6.45, 7) is 7.14. The Bertz CT molecular complexity index is 865. The Morgan fingerprint density at radius 1 is 1.12 bits per heavy atom. The minimum atomic E-state index is -0.0985. The first-order valence-electron chi connectivity index (χ1n) is 8.72. The maximum Gasteiger partial charge on any atom is 0.257 e. The second kappa shape index (κ2) is 7.06. The number of hydrogen-bond acceptors (Lipinski definition) is 4. The number of rotatable bonds is 4. The first-order chi connectivity index (χ1) is 12.7. The van der Waals surface area contributed by atoms with Crippen LogP contribution in [0, 0.1) is 0 Å². The fourth-order valence-electron chi connectivity index (χ4n) is 3.23. The molecule has 2 aliphatic rings. The quantitative estimate of drug-likeness (QED) is 0.830. The summed E-state index contributed by atoms with van der Waals surface area (Å²) in [5, 5.41) is 6.13. The molecule has 2 heterocycles. The fourth-order valence-corrected chi connectivity index (χ4v) is 3.23. The average Bonchev–Trinajstić information content (AvgIpc) is 3.01. The Morgan fingerprint density at radius 3 is 2.62 bits per heavy atom. The number of anilines is 3. The molecule has 1 amide bonds. The van der Waals surface area contributed by atoms with Crippen molar-refractivity contribution in [3.8, 4) is 0 Å². The molecule has 2 aromatic carbocycles. The van der Waals surface area contributed by atoms with Gasteiger partial charge in [-0.15, -0.1) is 0 Å². The largest absolute Gasteiger partial charge is 0.378 e. The van der Waals surface area contributed by atoms with Gasteiger partial charge in [-0.2, -0.15) is 0 Å². The maximum atomic E-state index is 12.2. The van der Waals surface area contributed by atoms with E-state index in [1.165, 1.54) is 5.69 Å². The van der Waals surface area contributed by atoms with Crippen molar-refractivity contribution in [1.29, 1.82) is 0 Å². The van der Waals surface area contributed by atoms with Crippen LogP contribution in [0.4, 0.5) is 17.1 Å². The summed E-state index contributed by atoms with van der Waals surface area (Å²) >= 11 is 0. The third kappa shape index (κ3) is 3.21. The lowest BCUT2D eigenvalue weighted by molar-refractivity contribution is -0.110. The van der Waals surface area contributed by atoms with Crippen LogP contribution in [0.15, 0.2) is 55.2 Å². The van der Waals surface area contributed by atoms with Crippen LogP contribution in [0.2, 0.25) is 0 Å². The number of carbonyl (C=O) groups excluding carboxylic acids is 1. The summed E-state index contributed by atoms with van der Waals surface area (Å²) in [6, 6.07) is 14.1. The molecule has 0 bridgehead atoms. The van der Waals surface area contributed by atoms with Crippen LogP contribution in [0.3, 0.4) is 0 Å². The molecular weight excluding hydrogens is 326 g/mol. The number of nitrogens with one attached hydrogen (secondary N) is 2. The lowest BCUT2D eigenvalue weighted by atomic mass is 10.1. The minimum absolute atomic E-state index is 0.0985. The maximum absolute atomic E-state index is 12.2. The van der Waals surface area contributed by atoms with Gasteiger partial charge in [0.25, 0.3) is 5.91 Å². The van der Waals surface area contributed by atoms with Gasteiger partial charge in [0.05, 0.1) is 18.8 Å². The van der Waals surface area contributed by atoms with Crippen LogP contribution in [-0.2, 0) is 9.53 Å². The van der Waals surface area contributed by atoms with Crippen molar-refractivity contribution < 1.29 is 9.53 Å². The van der Waals surface area contributed by atoms with E-state index >= 15 is 0 Å². The number of carbonyl (C=O) groups is 1. The minimum Gasteiger partial charge on any atom is -0.378 e. The Kier molecular flexibility index (Phi) is 4.46. The van der Waals surface area contributed by atoms with E-state index in [-0.39, 0.29) is 5.91 Å². The second-order valence-electron chi connectivity index (χ2n) is 6.31. The Balaban J connectivity index is 1.50. The van der Waals surface area contributed by atoms with Gasteiger partial charge in [-0.05, 0) is 35.9 Å². The van der Waals surface area contributed by atoms with E-state index in [4.69, 9.17) is 4.74 Å². The van der Waals surface area contributed by atoms with Crippen LogP contribution >= 0.6 is 0 Å². The van der Waals surface area contributed by atoms with E-state index < -0.39 is 0 Å². The number of amides is 1.